The minimum atomic E-state index is -2.99. The first-order valence-corrected chi connectivity index (χ1v) is 11.5. The SMILES string of the molecule is CC[C@]1(C)CN(CC(=O)N(C2CCCC2)[C@@H]2CCS(=O)(=O)C2)CCO1. The molecule has 2 aliphatic heterocycles. The van der Waals surface area contributed by atoms with Crippen LogP contribution in [0.1, 0.15) is 52.4 Å². The van der Waals surface area contributed by atoms with Crippen LogP contribution in [0.4, 0.5) is 0 Å². The van der Waals surface area contributed by atoms with Gasteiger partial charge < -0.3 is 9.64 Å². The van der Waals surface area contributed by atoms with Gasteiger partial charge in [0.1, 0.15) is 0 Å². The summed E-state index contributed by atoms with van der Waals surface area (Å²) in [5, 5.41) is 0. The Morgan fingerprint density at radius 3 is 2.56 bits per heavy atom. The third kappa shape index (κ3) is 4.55. The van der Waals surface area contributed by atoms with Crippen LogP contribution in [0.15, 0.2) is 0 Å². The summed E-state index contributed by atoms with van der Waals surface area (Å²) in [4.78, 5) is 17.3. The number of nitrogens with zero attached hydrogens (tertiary/aromatic N) is 2. The number of rotatable bonds is 5. The largest absolute Gasteiger partial charge is 0.373 e. The van der Waals surface area contributed by atoms with Gasteiger partial charge in [-0.05, 0) is 32.6 Å². The fraction of sp³-hybridized carbons (Fsp3) is 0.944. The Kier molecular flexibility index (Phi) is 5.75. The Morgan fingerprint density at radius 1 is 1.24 bits per heavy atom. The first-order chi connectivity index (χ1) is 11.8. The van der Waals surface area contributed by atoms with Crippen LogP contribution in [0, 0.1) is 0 Å². The van der Waals surface area contributed by atoms with Gasteiger partial charge in [0.2, 0.25) is 5.91 Å². The number of sulfone groups is 1. The summed E-state index contributed by atoms with van der Waals surface area (Å²) in [6, 6.07) is 0.101. The highest BCUT2D eigenvalue weighted by molar-refractivity contribution is 7.91. The van der Waals surface area contributed by atoms with Gasteiger partial charge in [0.25, 0.3) is 0 Å². The van der Waals surface area contributed by atoms with Crippen molar-refractivity contribution in [3.05, 3.63) is 0 Å². The molecule has 0 aromatic rings. The lowest BCUT2D eigenvalue weighted by atomic mass is 10.0. The summed E-state index contributed by atoms with van der Waals surface area (Å²) in [5.41, 5.74) is -0.187. The smallest absolute Gasteiger partial charge is 0.237 e. The van der Waals surface area contributed by atoms with Crippen LogP contribution in [0.25, 0.3) is 0 Å². The van der Waals surface area contributed by atoms with Gasteiger partial charge in [0.15, 0.2) is 9.84 Å². The van der Waals surface area contributed by atoms with Crippen LogP contribution in [-0.2, 0) is 19.4 Å². The van der Waals surface area contributed by atoms with E-state index >= 15 is 0 Å². The molecule has 3 fully saturated rings. The minimum absolute atomic E-state index is 0.106. The molecular formula is C18H32N2O4S. The van der Waals surface area contributed by atoms with E-state index in [0.29, 0.717) is 19.6 Å². The van der Waals surface area contributed by atoms with Gasteiger partial charge in [-0.3, -0.25) is 9.69 Å². The zero-order valence-electron chi connectivity index (χ0n) is 15.6. The van der Waals surface area contributed by atoms with Crippen molar-refractivity contribution in [2.45, 2.75) is 70.1 Å². The molecule has 1 saturated carbocycles. The number of hydrogen-bond acceptors (Lipinski definition) is 5. The maximum atomic E-state index is 13.1. The van der Waals surface area contributed by atoms with Gasteiger partial charge in [-0.25, -0.2) is 8.42 Å². The van der Waals surface area contributed by atoms with Crippen LogP contribution in [0.2, 0.25) is 0 Å². The molecule has 0 aromatic heterocycles. The van der Waals surface area contributed by atoms with E-state index in [0.717, 1.165) is 45.2 Å². The van der Waals surface area contributed by atoms with Crippen LogP contribution >= 0.6 is 0 Å². The lowest BCUT2D eigenvalue weighted by molar-refractivity contribution is -0.142. The first-order valence-electron chi connectivity index (χ1n) is 9.70. The number of carbonyl (C=O) groups excluding carboxylic acids is 1. The summed E-state index contributed by atoms with van der Waals surface area (Å²) in [6.45, 7) is 6.77. The van der Waals surface area contributed by atoms with Gasteiger partial charge in [-0.1, -0.05) is 19.8 Å². The Hall–Kier alpha value is -0.660. The van der Waals surface area contributed by atoms with Crippen molar-refractivity contribution in [3.8, 4) is 0 Å². The second kappa shape index (κ2) is 7.53. The van der Waals surface area contributed by atoms with Gasteiger partial charge in [-0.2, -0.15) is 0 Å². The van der Waals surface area contributed by atoms with Crippen LogP contribution in [-0.4, -0.2) is 79.6 Å². The van der Waals surface area contributed by atoms with Gasteiger partial charge >= 0.3 is 0 Å². The molecule has 1 amide bonds. The van der Waals surface area contributed by atoms with Crippen molar-refractivity contribution in [2.24, 2.45) is 0 Å². The van der Waals surface area contributed by atoms with E-state index in [1.165, 1.54) is 0 Å². The third-order valence-electron chi connectivity index (χ3n) is 6.13. The average Bonchev–Trinajstić information content (AvgIpc) is 3.18. The second-order valence-electron chi connectivity index (χ2n) is 8.16. The normalized spacial score (nSPS) is 33.6. The molecule has 25 heavy (non-hydrogen) atoms. The molecule has 6 nitrogen and oxygen atoms in total. The van der Waals surface area contributed by atoms with E-state index in [2.05, 4.69) is 18.7 Å². The Bertz CT molecular complexity index is 588. The van der Waals surface area contributed by atoms with Crippen molar-refractivity contribution in [1.82, 2.24) is 9.80 Å². The predicted octanol–water partition coefficient (Wildman–Crippen LogP) is 1.45. The maximum absolute atomic E-state index is 13.1. The molecular weight excluding hydrogens is 340 g/mol. The summed E-state index contributed by atoms with van der Waals surface area (Å²) < 4.78 is 29.7. The summed E-state index contributed by atoms with van der Waals surface area (Å²) in [5.74, 6) is 0.472. The van der Waals surface area contributed by atoms with Crippen molar-refractivity contribution in [1.29, 1.82) is 0 Å². The molecule has 1 aliphatic carbocycles. The lowest BCUT2D eigenvalue weighted by Gasteiger charge is -2.41. The van der Waals surface area contributed by atoms with E-state index in [-0.39, 0.29) is 35.1 Å². The van der Waals surface area contributed by atoms with Crippen molar-refractivity contribution in [3.63, 3.8) is 0 Å². The molecule has 0 spiro atoms. The topological polar surface area (TPSA) is 66.9 Å². The fourth-order valence-corrected chi connectivity index (χ4v) is 6.23. The van der Waals surface area contributed by atoms with E-state index in [9.17, 15) is 13.2 Å². The van der Waals surface area contributed by atoms with Crippen molar-refractivity contribution < 1.29 is 17.9 Å². The van der Waals surface area contributed by atoms with Crippen LogP contribution in [0.5, 0.6) is 0 Å². The Balaban J connectivity index is 1.69. The quantitative estimate of drug-likeness (QED) is 0.731. The van der Waals surface area contributed by atoms with Crippen LogP contribution < -0.4 is 0 Å². The number of morpholine rings is 1. The standard InChI is InChI=1S/C18H32N2O4S/c1-3-18(2)14-19(9-10-24-18)12-17(21)20(15-6-4-5-7-15)16-8-11-25(22,23)13-16/h15-16H,3-14H2,1-2H3/t16-,18-/m1/s1. The van der Waals surface area contributed by atoms with E-state index in [1.807, 2.05) is 4.90 Å². The fourth-order valence-electron chi connectivity index (χ4n) is 4.52. The van der Waals surface area contributed by atoms with Gasteiger partial charge in [0.05, 0.1) is 30.3 Å². The molecule has 0 bridgehead atoms. The lowest BCUT2D eigenvalue weighted by Crippen LogP contribution is -2.55. The number of ether oxygens (including phenoxy) is 1. The highest BCUT2D eigenvalue weighted by Crippen LogP contribution is 2.30. The third-order valence-corrected chi connectivity index (χ3v) is 7.88. The molecule has 7 heteroatoms. The van der Waals surface area contributed by atoms with E-state index in [1.54, 1.807) is 0 Å². The molecule has 0 unspecified atom stereocenters. The summed E-state index contributed by atoms with van der Waals surface area (Å²) in [7, 11) is -2.99. The van der Waals surface area contributed by atoms with Gasteiger partial charge in [0, 0.05) is 25.2 Å². The highest BCUT2D eigenvalue weighted by Gasteiger charge is 2.40. The molecule has 0 aromatic carbocycles. The number of carbonyl (C=O) groups is 1. The first kappa shape index (κ1) is 19.1. The van der Waals surface area contributed by atoms with Crippen LogP contribution in [0.3, 0.4) is 0 Å². The number of amides is 1. The zero-order chi connectivity index (χ0) is 18.1. The van der Waals surface area contributed by atoms with E-state index < -0.39 is 9.84 Å². The van der Waals surface area contributed by atoms with E-state index in [4.69, 9.17) is 4.74 Å². The Labute approximate surface area is 151 Å². The molecule has 2 saturated heterocycles. The summed E-state index contributed by atoms with van der Waals surface area (Å²) >= 11 is 0. The summed E-state index contributed by atoms with van der Waals surface area (Å²) in [6.07, 6.45) is 5.82. The average molecular weight is 373 g/mol. The molecule has 144 valence electrons. The predicted molar refractivity (Wildman–Crippen MR) is 97.2 cm³/mol. The second-order valence-corrected chi connectivity index (χ2v) is 10.4. The molecule has 3 rings (SSSR count). The minimum Gasteiger partial charge on any atom is -0.373 e. The molecule has 3 aliphatic rings. The highest BCUT2D eigenvalue weighted by atomic mass is 32.2. The monoisotopic (exact) mass is 372 g/mol. The molecule has 2 atom stereocenters. The molecule has 2 heterocycles. The molecule has 0 N–H and O–H groups in total. The molecule has 0 radical (unpaired) electrons. The van der Waals surface area contributed by atoms with Crippen molar-refractivity contribution in [2.75, 3.05) is 37.7 Å². The van der Waals surface area contributed by atoms with Gasteiger partial charge in [-0.15, -0.1) is 0 Å². The zero-order valence-corrected chi connectivity index (χ0v) is 16.4. The maximum Gasteiger partial charge on any atom is 0.237 e. The number of hydrogen-bond donors (Lipinski definition) is 0. The Morgan fingerprint density at radius 2 is 1.96 bits per heavy atom. The van der Waals surface area contributed by atoms with Crippen molar-refractivity contribution >= 4 is 15.7 Å².